The minimum atomic E-state index is -3.04. The maximum atomic E-state index is 11.7. The van der Waals surface area contributed by atoms with Gasteiger partial charge in [-0.3, -0.25) is 9.69 Å². The van der Waals surface area contributed by atoms with Gasteiger partial charge in [0.2, 0.25) is 0 Å². The van der Waals surface area contributed by atoms with Crippen LogP contribution in [-0.2, 0) is 19.4 Å². The van der Waals surface area contributed by atoms with Gasteiger partial charge in [-0.05, 0) is 13.8 Å². The molecular weight excluding hydrogens is 258 g/mol. The summed E-state index contributed by atoms with van der Waals surface area (Å²) in [6.45, 7) is 5.38. The maximum absolute atomic E-state index is 11.7. The van der Waals surface area contributed by atoms with Gasteiger partial charge in [0, 0.05) is 19.6 Å². The number of sulfone groups is 1. The number of carboxylic acid groups (broad SMARTS) is 1. The lowest BCUT2D eigenvalue weighted by atomic mass is 10.2. The first-order chi connectivity index (χ1) is 8.31. The Kier molecular flexibility index (Phi) is 5.55. The molecule has 0 bridgehead atoms. The number of ether oxygens (including phenoxy) is 1. The fourth-order valence-corrected chi connectivity index (χ4v) is 2.78. The fraction of sp³-hybridized carbons (Fsp3) is 0.909. The number of carboxylic acids is 1. The molecule has 106 valence electrons. The molecule has 1 atom stereocenters. The number of aliphatic carboxylic acids is 1. The first kappa shape index (κ1) is 15.4. The summed E-state index contributed by atoms with van der Waals surface area (Å²) in [5.41, 5.74) is 0. The van der Waals surface area contributed by atoms with Crippen LogP contribution >= 0.6 is 0 Å². The van der Waals surface area contributed by atoms with Crippen molar-refractivity contribution >= 4 is 15.8 Å². The molecule has 0 aromatic rings. The zero-order valence-electron chi connectivity index (χ0n) is 10.8. The predicted molar refractivity (Wildman–Crippen MR) is 67.4 cm³/mol. The monoisotopic (exact) mass is 279 g/mol. The normalized spacial score (nSPS) is 22.3. The van der Waals surface area contributed by atoms with Crippen molar-refractivity contribution < 1.29 is 23.1 Å². The Morgan fingerprint density at radius 2 is 2.17 bits per heavy atom. The van der Waals surface area contributed by atoms with Crippen molar-refractivity contribution in [2.24, 2.45) is 0 Å². The van der Waals surface area contributed by atoms with Gasteiger partial charge in [-0.1, -0.05) is 0 Å². The van der Waals surface area contributed by atoms with Crippen LogP contribution in [0.2, 0.25) is 0 Å². The molecule has 18 heavy (non-hydrogen) atoms. The third kappa shape index (κ3) is 4.91. The van der Waals surface area contributed by atoms with Gasteiger partial charge in [-0.2, -0.15) is 0 Å². The van der Waals surface area contributed by atoms with E-state index in [0.29, 0.717) is 26.2 Å². The quantitative estimate of drug-likeness (QED) is 0.736. The first-order valence-electron chi connectivity index (χ1n) is 6.08. The van der Waals surface area contributed by atoms with E-state index in [9.17, 15) is 13.2 Å². The van der Waals surface area contributed by atoms with E-state index in [1.165, 1.54) is 0 Å². The number of carbonyl (C=O) groups is 1. The average Bonchev–Trinajstić information content (AvgIpc) is 2.26. The third-order valence-electron chi connectivity index (χ3n) is 3.04. The highest BCUT2D eigenvalue weighted by atomic mass is 32.2. The molecule has 6 nitrogen and oxygen atoms in total. The van der Waals surface area contributed by atoms with Crippen molar-refractivity contribution in [3.05, 3.63) is 0 Å². The van der Waals surface area contributed by atoms with E-state index in [2.05, 4.69) is 0 Å². The summed E-state index contributed by atoms with van der Waals surface area (Å²) in [5.74, 6) is -0.776. The molecule has 0 aliphatic carbocycles. The van der Waals surface area contributed by atoms with E-state index in [4.69, 9.17) is 9.84 Å². The van der Waals surface area contributed by atoms with Crippen LogP contribution in [0.3, 0.4) is 0 Å². The Morgan fingerprint density at radius 1 is 1.50 bits per heavy atom. The lowest BCUT2D eigenvalue weighted by molar-refractivity contribution is -0.142. The van der Waals surface area contributed by atoms with Crippen LogP contribution in [0, 0.1) is 0 Å². The number of rotatable bonds is 6. The van der Waals surface area contributed by atoms with Gasteiger partial charge < -0.3 is 9.84 Å². The van der Waals surface area contributed by atoms with Crippen molar-refractivity contribution in [1.29, 1.82) is 0 Å². The minimum absolute atomic E-state index is 0.0343. The molecule has 1 saturated heterocycles. The average molecular weight is 279 g/mol. The Bertz CT molecular complexity index is 379. The molecule has 0 aromatic carbocycles. The van der Waals surface area contributed by atoms with Crippen LogP contribution in [0.1, 0.15) is 20.3 Å². The highest BCUT2D eigenvalue weighted by Gasteiger charge is 2.24. The van der Waals surface area contributed by atoms with Gasteiger partial charge in [-0.25, -0.2) is 8.42 Å². The maximum Gasteiger partial charge on any atom is 0.306 e. The Labute approximate surface area is 108 Å². The van der Waals surface area contributed by atoms with E-state index in [-0.39, 0.29) is 23.5 Å². The molecule has 0 spiro atoms. The van der Waals surface area contributed by atoms with Gasteiger partial charge in [0.1, 0.15) is 0 Å². The van der Waals surface area contributed by atoms with Crippen molar-refractivity contribution in [1.82, 2.24) is 4.90 Å². The minimum Gasteiger partial charge on any atom is -0.481 e. The first-order valence-corrected chi connectivity index (χ1v) is 7.80. The second-order valence-electron chi connectivity index (χ2n) is 4.81. The van der Waals surface area contributed by atoms with Gasteiger partial charge in [0.15, 0.2) is 9.84 Å². The summed E-state index contributed by atoms with van der Waals surface area (Å²) in [6, 6.07) is 0. The molecule has 0 radical (unpaired) electrons. The van der Waals surface area contributed by atoms with Gasteiger partial charge in [0.05, 0.1) is 30.1 Å². The molecule has 0 aromatic heterocycles. The zero-order valence-corrected chi connectivity index (χ0v) is 11.6. The topological polar surface area (TPSA) is 83.9 Å². The number of hydrogen-bond acceptors (Lipinski definition) is 5. The lowest BCUT2D eigenvalue weighted by Gasteiger charge is -2.32. The lowest BCUT2D eigenvalue weighted by Crippen LogP contribution is -2.45. The van der Waals surface area contributed by atoms with E-state index < -0.39 is 15.8 Å². The molecule has 1 unspecified atom stereocenters. The summed E-state index contributed by atoms with van der Waals surface area (Å²) in [7, 11) is -3.04. The van der Waals surface area contributed by atoms with Crippen molar-refractivity contribution in [2.75, 3.05) is 32.0 Å². The SMILES string of the molecule is CC(C)S(=O)(=O)CCN1CCOC(CC(=O)O)C1. The summed E-state index contributed by atoms with van der Waals surface area (Å²) in [5, 5.41) is 8.32. The van der Waals surface area contributed by atoms with Crippen molar-refractivity contribution in [2.45, 2.75) is 31.6 Å². The van der Waals surface area contributed by atoms with Crippen LogP contribution in [0.15, 0.2) is 0 Å². The number of nitrogens with zero attached hydrogens (tertiary/aromatic N) is 1. The molecule has 0 amide bonds. The molecule has 1 heterocycles. The molecule has 1 N–H and O–H groups in total. The smallest absolute Gasteiger partial charge is 0.306 e. The van der Waals surface area contributed by atoms with Crippen LogP contribution in [0.4, 0.5) is 0 Å². The van der Waals surface area contributed by atoms with Crippen molar-refractivity contribution in [3.8, 4) is 0 Å². The molecule has 1 aliphatic rings. The summed E-state index contributed by atoms with van der Waals surface area (Å²) < 4.78 is 28.7. The second-order valence-corrected chi connectivity index (χ2v) is 7.48. The van der Waals surface area contributed by atoms with Crippen LogP contribution in [0.25, 0.3) is 0 Å². The Morgan fingerprint density at radius 3 is 2.72 bits per heavy atom. The highest BCUT2D eigenvalue weighted by molar-refractivity contribution is 7.92. The molecule has 1 aliphatic heterocycles. The molecule has 1 rings (SSSR count). The predicted octanol–water partition coefficient (Wildman–Crippen LogP) is -0.0149. The summed E-state index contributed by atoms with van der Waals surface area (Å²) >= 11 is 0. The largest absolute Gasteiger partial charge is 0.481 e. The second kappa shape index (κ2) is 6.49. The molecular formula is C11H21NO5S. The zero-order chi connectivity index (χ0) is 13.8. The van der Waals surface area contributed by atoms with Gasteiger partial charge in [0.25, 0.3) is 0 Å². The molecule has 0 saturated carbocycles. The van der Waals surface area contributed by atoms with Crippen molar-refractivity contribution in [3.63, 3.8) is 0 Å². The van der Waals surface area contributed by atoms with Crippen LogP contribution in [0.5, 0.6) is 0 Å². The number of morpholine rings is 1. The van der Waals surface area contributed by atoms with E-state index in [1.807, 2.05) is 4.90 Å². The Balaban J connectivity index is 2.41. The van der Waals surface area contributed by atoms with E-state index in [1.54, 1.807) is 13.8 Å². The highest BCUT2D eigenvalue weighted by Crippen LogP contribution is 2.10. The standard InChI is InChI=1S/C11H21NO5S/c1-9(2)18(15,16)6-4-12-3-5-17-10(8-12)7-11(13)14/h9-10H,3-8H2,1-2H3,(H,13,14). The fourth-order valence-electron chi connectivity index (χ4n) is 1.79. The van der Waals surface area contributed by atoms with Gasteiger partial charge in [-0.15, -0.1) is 0 Å². The van der Waals surface area contributed by atoms with Crippen LogP contribution in [-0.4, -0.2) is 67.7 Å². The van der Waals surface area contributed by atoms with E-state index >= 15 is 0 Å². The molecule has 7 heteroatoms. The summed E-state index contributed by atoms with van der Waals surface area (Å²) in [6.07, 6.45) is -0.369. The Hall–Kier alpha value is -0.660. The molecule has 1 fully saturated rings. The van der Waals surface area contributed by atoms with Gasteiger partial charge >= 0.3 is 5.97 Å². The van der Waals surface area contributed by atoms with Crippen LogP contribution < -0.4 is 0 Å². The third-order valence-corrected chi connectivity index (χ3v) is 5.22. The van der Waals surface area contributed by atoms with E-state index in [0.717, 1.165) is 0 Å². The number of hydrogen-bond donors (Lipinski definition) is 1. The summed E-state index contributed by atoms with van der Waals surface area (Å²) in [4.78, 5) is 12.5.